The van der Waals surface area contributed by atoms with Crippen LogP contribution in [0.15, 0.2) is 48.5 Å². The van der Waals surface area contributed by atoms with E-state index in [1.807, 2.05) is 36.4 Å². The molecule has 2 aromatic carbocycles. The molecular weight excluding hydrogens is 398 g/mol. The number of methoxy groups -OCH3 is 2. The molecule has 8 heteroatoms. The Hall–Kier alpha value is -3.65. The SMILES string of the molecule is COc1ccc(-c2cc(C(=O)N3CCOC(C(N)=O)C3)c3ccccc3n2)cc1OC. The van der Waals surface area contributed by atoms with Gasteiger partial charge >= 0.3 is 0 Å². The highest BCUT2D eigenvalue weighted by molar-refractivity contribution is 6.07. The number of carbonyl (C=O) groups is 2. The van der Waals surface area contributed by atoms with E-state index in [0.29, 0.717) is 34.8 Å². The molecule has 1 fully saturated rings. The smallest absolute Gasteiger partial charge is 0.254 e. The number of primary amides is 1. The Bertz CT molecular complexity index is 1150. The number of pyridine rings is 1. The first-order valence-electron chi connectivity index (χ1n) is 9.84. The lowest BCUT2D eigenvalue weighted by Crippen LogP contribution is -2.50. The zero-order valence-corrected chi connectivity index (χ0v) is 17.3. The Morgan fingerprint density at radius 2 is 1.87 bits per heavy atom. The summed E-state index contributed by atoms with van der Waals surface area (Å²) in [5.74, 6) is 0.396. The van der Waals surface area contributed by atoms with E-state index in [9.17, 15) is 9.59 Å². The van der Waals surface area contributed by atoms with Gasteiger partial charge in [0.1, 0.15) is 0 Å². The van der Waals surface area contributed by atoms with E-state index in [1.54, 1.807) is 31.3 Å². The van der Waals surface area contributed by atoms with Crippen LogP contribution in [-0.2, 0) is 9.53 Å². The molecule has 1 aliphatic rings. The number of morpholine rings is 1. The van der Waals surface area contributed by atoms with E-state index in [0.717, 1.165) is 10.9 Å². The fraction of sp³-hybridized carbons (Fsp3) is 0.261. The van der Waals surface area contributed by atoms with E-state index in [2.05, 4.69) is 0 Å². The molecule has 3 aromatic rings. The van der Waals surface area contributed by atoms with Gasteiger partial charge in [-0.1, -0.05) is 18.2 Å². The zero-order chi connectivity index (χ0) is 22.0. The van der Waals surface area contributed by atoms with Gasteiger partial charge in [0.05, 0.1) is 44.1 Å². The van der Waals surface area contributed by atoms with Crippen LogP contribution in [0.2, 0.25) is 0 Å². The van der Waals surface area contributed by atoms with Crippen LogP contribution in [0.3, 0.4) is 0 Å². The van der Waals surface area contributed by atoms with Crippen molar-refractivity contribution in [1.29, 1.82) is 0 Å². The number of hydrogen-bond donors (Lipinski definition) is 1. The maximum Gasteiger partial charge on any atom is 0.254 e. The van der Waals surface area contributed by atoms with Crippen molar-refractivity contribution in [3.8, 4) is 22.8 Å². The number of nitrogens with two attached hydrogens (primary N) is 1. The van der Waals surface area contributed by atoms with Gasteiger partial charge < -0.3 is 24.8 Å². The molecule has 2 amide bonds. The monoisotopic (exact) mass is 421 g/mol. The summed E-state index contributed by atoms with van der Waals surface area (Å²) in [5.41, 5.74) is 7.98. The minimum absolute atomic E-state index is 0.122. The number of aromatic nitrogens is 1. The summed E-state index contributed by atoms with van der Waals surface area (Å²) in [5, 5.41) is 0.735. The van der Waals surface area contributed by atoms with Crippen molar-refractivity contribution in [2.45, 2.75) is 6.10 Å². The van der Waals surface area contributed by atoms with Gasteiger partial charge in [0.15, 0.2) is 17.6 Å². The number of fused-ring (bicyclic) bond motifs is 1. The minimum Gasteiger partial charge on any atom is -0.493 e. The molecule has 4 rings (SSSR count). The standard InChI is InChI=1S/C23H23N3O5/c1-29-19-8-7-14(11-20(19)30-2)18-12-16(15-5-3-4-6-17(15)25-18)23(28)26-9-10-31-21(13-26)22(24)27/h3-8,11-12,21H,9-10,13H2,1-2H3,(H2,24,27). The highest BCUT2D eigenvalue weighted by atomic mass is 16.5. The lowest BCUT2D eigenvalue weighted by Gasteiger charge is -2.31. The van der Waals surface area contributed by atoms with Gasteiger partial charge in [0.25, 0.3) is 5.91 Å². The van der Waals surface area contributed by atoms with Crippen LogP contribution < -0.4 is 15.2 Å². The number of rotatable bonds is 5. The van der Waals surface area contributed by atoms with E-state index < -0.39 is 12.0 Å². The van der Waals surface area contributed by atoms with Crippen LogP contribution in [0, 0.1) is 0 Å². The minimum atomic E-state index is -0.809. The van der Waals surface area contributed by atoms with Crippen LogP contribution in [0.1, 0.15) is 10.4 Å². The topological polar surface area (TPSA) is 104 Å². The molecule has 1 aliphatic heterocycles. The Kier molecular flexibility index (Phi) is 5.73. The molecule has 160 valence electrons. The van der Waals surface area contributed by atoms with Crippen molar-refractivity contribution in [2.24, 2.45) is 5.73 Å². The maximum absolute atomic E-state index is 13.4. The first-order valence-corrected chi connectivity index (χ1v) is 9.84. The van der Waals surface area contributed by atoms with Crippen molar-refractivity contribution in [3.05, 3.63) is 54.1 Å². The fourth-order valence-electron chi connectivity index (χ4n) is 3.67. The van der Waals surface area contributed by atoms with E-state index in [4.69, 9.17) is 24.9 Å². The molecule has 2 heterocycles. The van der Waals surface area contributed by atoms with Gasteiger partial charge in [-0.2, -0.15) is 0 Å². The van der Waals surface area contributed by atoms with Crippen LogP contribution in [-0.4, -0.2) is 61.7 Å². The summed E-state index contributed by atoms with van der Waals surface area (Å²) in [4.78, 5) is 31.3. The summed E-state index contributed by atoms with van der Waals surface area (Å²) < 4.78 is 16.1. The number of ether oxygens (including phenoxy) is 3. The maximum atomic E-state index is 13.4. The van der Waals surface area contributed by atoms with Crippen LogP contribution in [0.5, 0.6) is 11.5 Å². The molecular formula is C23H23N3O5. The summed E-state index contributed by atoms with van der Waals surface area (Å²) in [6, 6.07) is 14.7. The Morgan fingerprint density at radius 1 is 1.10 bits per heavy atom. The summed E-state index contributed by atoms with van der Waals surface area (Å²) in [6.07, 6.45) is -0.809. The third-order valence-electron chi connectivity index (χ3n) is 5.30. The molecule has 0 saturated carbocycles. The molecule has 0 bridgehead atoms. The summed E-state index contributed by atoms with van der Waals surface area (Å²) in [6.45, 7) is 0.756. The van der Waals surface area contributed by atoms with Crippen molar-refractivity contribution < 1.29 is 23.8 Å². The number of hydrogen-bond acceptors (Lipinski definition) is 6. The Balaban J connectivity index is 1.79. The number of benzene rings is 2. The average Bonchev–Trinajstić information content (AvgIpc) is 2.82. The van der Waals surface area contributed by atoms with E-state index in [1.165, 1.54) is 0 Å². The number of carbonyl (C=O) groups excluding carboxylic acids is 2. The third kappa shape index (κ3) is 4.02. The molecule has 1 saturated heterocycles. The highest BCUT2D eigenvalue weighted by Gasteiger charge is 2.29. The van der Waals surface area contributed by atoms with Crippen molar-refractivity contribution in [1.82, 2.24) is 9.88 Å². The average molecular weight is 421 g/mol. The summed E-state index contributed by atoms with van der Waals surface area (Å²) >= 11 is 0. The van der Waals surface area contributed by atoms with Gasteiger partial charge in [0.2, 0.25) is 5.91 Å². The van der Waals surface area contributed by atoms with Gasteiger partial charge in [-0.25, -0.2) is 4.98 Å². The largest absolute Gasteiger partial charge is 0.493 e. The predicted octanol–water partition coefficient (Wildman–Crippen LogP) is 2.25. The third-order valence-corrected chi connectivity index (χ3v) is 5.30. The molecule has 1 unspecified atom stereocenters. The predicted molar refractivity (Wildman–Crippen MR) is 115 cm³/mol. The molecule has 31 heavy (non-hydrogen) atoms. The molecule has 0 radical (unpaired) electrons. The second-order valence-corrected chi connectivity index (χ2v) is 7.15. The van der Waals surface area contributed by atoms with Crippen LogP contribution >= 0.6 is 0 Å². The molecule has 1 atom stereocenters. The first-order chi connectivity index (χ1) is 15.0. The van der Waals surface area contributed by atoms with Gasteiger partial charge in [-0.05, 0) is 30.3 Å². The number of amides is 2. The summed E-state index contributed by atoms with van der Waals surface area (Å²) in [7, 11) is 3.14. The van der Waals surface area contributed by atoms with Crippen LogP contribution in [0.25, 0.3) is 22.2 Å². The lowest BCUT2D eigenvalue weighted by molar-refractivity contribution is -0.133. The van der Waals surface area contributed by atoms with Crippen molar-refractivity contribution in [2.75, 3.05) is 33.9 Å². The molecule has 2 N–H and O–H groups in total. The first kappa shape index (κ1) is 20.6. The Labute approximate surface area is 179 Å². The van der Waals surface area contributed by atoms with Gasteiger partial charge in [0, 0.05) is 17.5 Å². The molecule has 0 aliphatic carbocycles. The quantitative estimate of drug-likeness (QED) is 0.678. The zero-order valence-electron chi connectivity index (χ0n) is 17.3. The van der Waals surface area contributed by atoms with E-state index in [-0.39, 0.29) is 19.1 Å². The molecule has 0 spiro atoms. The van der Waals surface area contributed by atoms with Crippen molar-refractivity contribution in [3.63, 3.8) is 0 Å². The Morgan fingerprint density at radius 3 is 2.61 bits per heavy atom. The second kappa shape index (κ2) is 8.61. The molecule has 8 nitrogen and oxygen atoms in total. The fourth-order valence-corrected chi connectivity index (χ4v) is 3.67. The second-order valence-electron chi connectivity index (χ2n) is 7.15. The van der Waals surface area contributed by atoms with Crippen LogP contribution in [0.4, 0.5) is 0 Å². The number of nitrogens with zero attached hydrogens (tertiary/aromatic N) is 2. The lowest BCUT2D eigenvalue weighted by atomic mass is 10.0. The normalized spacial score (nSPS) is 16.2. The molecule has 1 aromatic heterocycles. The highest BCUT2D eigenvalue weighted by Crippen LogP contribution is 2.33. The van der Waals surface area contributed by atoms with E-state index >= 15 is 0 Å². The van der Waals surface area contributed by atoms with Gasteiger partial charge in [-0.3, -0.25) is 9.59 Å². The van der Waals surface area contributed by atoms with Gasteiger partial charge in [-0.15, -0.1) is 0 Å². The van der Waals surface area contributed by atoms with Crippen molar-refractivity contribution >= 4 is 22.7 Å². The number of para-hydroxylation sites is 1.